The minimum absolute atomic E-state index is 0.392. The summed E-state index contributed by atoms with van der Waals surface area (Å²) in [6.45, 7) is 4.24. The van der Waals surface area contributed by atoms with E-state index in [0.29, 0.717) is 5.91 Å². The third-order valence-corrected chi connectivity index (χ3v) is 4.83. The minimum Gasteiger partial charge on any atom is -0.343 e. The Morgan fingerprint density at radius 1 is 0.792 bits per heavy atom. The monoisotopic (exact) mass is 333 g/mol. The number of carbonyl (C=O) groups excluding carboxylic acids is 1. The van der Waals surface area contributed by atoms with E-state index < -0.39 is 0 Å². The molecule has 0 aromatic rings. The SMILES string of the molecule is CCCC/C=C\C=C/CCCCCCCCCC(=O)N1CCCC1. The molecule has 0 aromatic heterocycles. The van der Waals surface area contributed by atoms with Crippen molar-refractivity contribution in [1.29, 1.82) is 0 Å². The van der Waals surface area contributed by atoms with E-state index in [0.717, 1.165) is 25.9 Å². The number of carbonyl (C=O) groups is 1. The van der Waals surface area contributed by atoms with Crippen molar-refractivity contribution in [3.63, 3.8) is 0 Å². The van der Waals surface area contributed by atoms with Crippen molar-refractivity contribution < 1.29 is 4.79 Å². The Balaban J connectivity index is 1.79. The van der Waals surface area contributed by atoms with E-state index in [1.807, 2.05) is 4.90 Å². The number of allylic oxidation sites excluding steroid dienone is 4. The second-order valence-electron chi connectivity index (χ2n) is 7.10. The lowest BCUT2D eigenvalue weighted by molar-refractivity contribution is -0.130. The molecule has 1 aliphatic heterocycles. The smallest absolute Gasteiger partial charge is 0.222 e. The van der Waals surface area contributed by atoms with Crippen LogP contribution in [0, 0.1) is 0 Å². The first kappa shape index (κ1) is 21.0. The van der Waals surface area contributed by atoms with Crippen molar-refractivity contribution in [1.82, 2.24) is 4.90 Å². The molecule has 1 rings (SSSR count). The molecule has 0 saturated carbocycles. The summed E-state index contributed by atoms with van der Waals surface area (Å²) in [7, 11) is 0. The fraction of sp³-hybridized carbons (Fsp3) is 0.773. The van der Waals surface area contributed by atoms with Crippen LogP contribution in [0.1, 0.15) is 96.8 Å². The van der Waals surface area contributed by atoms with Gasteiger partial charge in [-0.25, -0.2) is 0 Å². The van der Waals surface area contributed by atoms with Crippen LogP contribution in [0.4, 0.5) is 0 Å². The summed E-state index contributed by atoms with van der Waals surface area (Å²) in [4.78, 5) is 13.9. The van der Waals surface area contributed by atoms with Gasteiger partial charge in [0.1, 0.15) is 0 Å². The van der Waals surface area contributed by atoms with E-state index in [1.165, 1.54) is 77.0 Å². The first-order chi connectivity index (χ1) is 11.8. The number of rotatable bonds is 14. The molecule has 0 spiro atoms. The van der Waals surface area contributed by atoms with Crippen LogP contribution < -0.4 is 0 Å². The maximum absolute atomic E-state index is 11.9. The highest BCUT2D eigenvalue weighted by Crippen LogP contribution is 2.13. The third-order valence-electron chi connectivity index (χ3n) is 4.83. The maximum atomic E-state index is 11.9. The van der Waals surface area contributed by atoms with E-state index in [9.17, 15) is 4.79 Å². The van der Waals surface area contributed by atoms with Gasteiger partial charge < -0.3 is 4.90 Å². The van der Waals surface area contributed by atoms with Crippen molar-refractivity contribution in [3.8, 4) is 0 Å². The number of hydrogen-bond donors (Lipinski definition) is 0. The summed E-state index contributed by atoms with van der Waals surface area (Å²) in [6.07, 6.45) is 26.1. The summed E-state index contributed by atoms with van der Waals surface area (Å²) < 4.78 is 0. The Bertz CT molecular complexity index is 353. The lowest BCUT2D eigenvalue weighted by atomic mass is 10.1. The van der Waals surface area contributed by atoms with Crippen LogP contribution in [0.25, 0.3) is 0 Å². The lowest BCUT2D eigenvalue weighted by Gasteiger charge is -2.14. The topological polar surface area (TPSA) is 20.3 Å². The molecule has 0 radical (unpaired) electrons. The van der Waals surface area contributed by atoms with Crippen molar-refractivity contribution in [3.05, 3.63) is 24.3 Å². The Hall–Kier alpha value is -1.05. The third kappa shape index (κ3) is 11.5. The fourth-order valence-corrected chi connectivity index (χ4v) is 3.22. The Kier molecular flexibility index (Phi) is 13.5. The molecule has 138 valence electrons. The number of unbranched alkanes of at least 4 members (excludes halogenated alkanes) is 9. The van der Waals surface area contributed by atoms with Crippen LogP contribution in [-0.2, 0) is 4.79 Å². The molecule has 24 heavy (non-hydrogen) atoms. The highest BCUT2D eigenvalue weighted by Gasteiger charge is 2.16. The summed E-state index contributed by atoms with van der Waals surface area (Å²) in [5, 5.41) is 0. The zero-order chi connectivity index (χ0) is 17.3. The molecule has 1 heterocycles. The van der Waals surface area contributed by atoms with Crippen molar-refractivity contribution in [2.75, 3.05) is 13.1 Å². The van der Waals surface area contributed by atoms with Gasteiger partial charge in [0, 0.05) is 19.5 Å². The average Bonchev–Trinajstić information content (AvgIpc) is 3.13. The Morgan fingerprint density at radius 2 is 1.33 bits per heavy atom. The molecule has 1 amide bonds. The summed E-state index contributed by atoms with van der Waals surface area (Å²) in [6, 6.07) is 0. The summed E-state index contributed by atoms with van der Waals surface area (Å²) in [5.74, 6) is 0.392. The predicted octanol–water partition coefficient (Wildman–Crippen LogP) is 6.42. The quantitative estimate of drug-likeness (QED) is 0.265. The molecule has 0 aromatic carbocycles. The van der Waals surface area contributed by atoms with Gasteiger partial charge in [-0.15, -0.1) is 0 Å². The zero-order valence-electron chi connectivity index (χ0n) is 16.0. The van der Waals surface area contributed by atoms with Gasteiger partial charge in [-0.2, -0.15) is 0 Å². The van der Waals surface area contributed by atoms with Crippen LogP contribution in [0.5, 0.6) is 0 Å². The van der Waals surface area contributed by atoms with Crippen LogP contribution in [0.2, 0.25) is 0 Å². The molecule has 0 atom stereocenters. The summed E-state index contributed by atoms with van der Waals surface area (Å²) in [5.41, 5.74) is 0. The van der Waals surface area contributed by atoms with E-state index in [2.05, 4.69) is 31.2 Å². The van der Waals surface area contributed by atoms with Gasteiger partial charge in [0.25, 0.3) is 0 Å². The molecule has 0 aliphatic carbocycles. The fourth-order valence-electron chi connectivity index (χ4n) is 3.22. The number of likely N-dealkylation sites (tertiary alicyclic amines) is 1. The van der Waals surface area contributed by atoms with Gasteiger partial charge in [0.05, 0.1) is 0 Å². The molecule has 1 saturated heterocycles. The standard InChI is InChI=1S/C22H39NO/c1-2-3-4-5-6-7-8-9-10-11-12-13-14-15-16-19-22(24)23-20-17-18-21-23/h5-8H,2-4,9-21H2,1H3/b6-5-,8-7-. The molecule has 1 fully saturated rings. The van der Waals surface area contributed by atoms with E-state index in [4.69, 9.17) is 0 Å². The molecule has 1 aliphatic rings. The Labute approximate surface area is 150 Å². The highest BCUT2D eigenvalue weighted by molar-refractivity contribution is 5.76. The van der Waals surface area contributed by atoms with Crippen LogP contribution in [0.3, 0.4) is 0 Å². The van der Waals surface area contributed by atoms with Crippen LogP contribution in [-0.4, -0.2) is 23.9 Å². The van der Waals surface area contributed by atoms with Gasteiger partial charge in [0.15, 0.2) is 0 Å². The lowest BCUT2D eigenvalue weighted by Crippen LogP contribution is -2.27. The second-order valence-corrected chi connectivity index (χ2v) is 7.10. The molecule has 2 heteroatoms. The van der Waals surface area contributed by atoms with E-state index in [1.54, 1.807) is 0 Å². The minimum atomic E-state index is 0.392. The van der Waals surface area contributed by atoms with Gasteiger partial charge in [-0.1, -0.05) is 76.2 Å². The number of hydrogen-bond acceptors (Lipinski definition) is 1. The van der Waals surface area contributed by atoms with Gasteiger partial charge in [0.2, 0.25) is 5.91 Å². The molecular formula is C22H39NO. The number of amides is 1. The molecule has 0 N–H and O–H groups in total. The molecular weight excluding hydrogens is 294 g/mol. The second kappa shape index (κ2) is 15.5. The molecule has 0 bridgehead atoms. The first-order valence-corrected chi connectivity index (χ1v) is 10.4. The normalized spacial score (nSPS) is 15.1. The molecule has 0 unspecified atom stereocenters. The largest absolute Gasteiger partial charge is 0.343 e. The molecule has 2 nitrogen and oxygen atoms in total. The predicted molar refractivity (Wildman–Crippen MR) is 105 cm³/mol. The van der Waals surface area contributed by atoms with Crippen LogP contribution in [0.15, 0.2) is 24.3 Å². The van der Waals surface area contributed by atoms with Gasteiger partial charge in [-0.3, -0.25) is 4.79 Å². The Morgan fingerprint density at radius 3 is 1.96 bits per heavy atom. The van der Waals surface area contributed by atoms with Crippen molar-refractivity contribution >= 4 is 5.91 Å². The first-order valence-electron chi connectivity index (χ1n) is 10.4. The van der Waals surface area contributed by atoms with E-state index in [-0.39, 0.29) is 0 Å². The van der Waals surface area contributed by atoms with Crippen LogP contribution >= 0.6 is 0 Å². The highest BCUT2D eigenvalue weighted by atomic mass is 16.2. The van der Waals surface area contributed by atoms with E-state index >= 15 is 0 Å². The average molecular weight is 334 g/mol. The van der Waals surface area contributed by atoms with Gasteiger partial charge >= 0.3 is 0 Å². The van der Waals surface area contributed by atoms with Gasteiger partial charge in [-0.05, 0) is 38.5 Å². The summed E-state index contributed by atoms with van der Waals surface area (Å²) >= 11 is 0. The van der Waals surface area contributed by atoms with Crippen molar-refractivity contribution in [2.45, 2.75) is 96.8 Å². The zero-order valence-corrected chi connectivity index (χ0v) is 16.0. The van der Waals surface area contributed by atoms with Crippen molar-refractivity contribution in [2.24, 2.45) is 0 Å². The number of nitrogens with zero attached hydrogens (tertiary/aromatic N) is 1. The maximum Gasteiger partial charge on any atom is 0.222 e.